The summed E-state index contributed by atoms with van der Waals surface area (Å²) in [6.07, 6.45) is 0. The molecule has 0 aliphatic rings. The summed E-state index contributed by atoms with van der Waals surface area (Å²) in [5, 5.41) is 2.93. The molecule has 4 rings (SSSR count). The van der Waals surface area contributed by atoms with Gasteiger partial charge in [-0.05, 0) is 61.5 Å². The smallest absolute Gasteiger partial charge is 0.255 e. The van der Waals surface area contributed by atoms with E-state index in [9.17, 15) is 9.59 Å². The third-order valence-electron chi connectivity index (χ3n) is 4.89. The molecule has 0 aliphatic carbocycles. The maximum Gasteiger partial charge on any atom is 0.255 e. The average Bonchev–Trinajstić information content (AvgIpc) is 3.25. The van der Waals surface area contributed by atoms with E-state index in [1.54, 1.807) is 36.2 Å². The number of carbonyl (C=O) groups is 2. The van der Waals surface area contributed by atoms with Crippen LogP contribution in [0.4, 0.5) is 11.4 Å². The number of hydrogen-bond donors (Lipinski definition) is 1. The topological polar surface area (TPSA) is 71.5 Å². The molecule has 0 bridgehead atoms. The lowest BCUT2D eigenvalue weighted by molar-refractivity contribution is -0.115. The van der Waals surface area contributed by atoms with Crippen LogP contribution in [0.15, 0.2) is 77.1 Å². The number of thiazole rings is 1. The summed E-state index contributed by atoms with van der Waals surface area (Å²) >= 11 is 2.92. The minimum absolute atomic E-state index is 0.00811. The number of ether oxygens (including phenoxy) is 1. The van der Waals surface area contributed by atoms with Crippen molar-refractivity contribution in [2.45, 2.75) is 11.3 Å². The Morgan fingerprint density at radius 3 is 2.55 bits per heavy atom. The van der Waals surface area contributed by atoms with Crippen LogP contribution < -0.4 is 15.0 Å². The van der Waals surface area contributed by atoms with Crippen molar-refractivity contribution in [2.24, 2.45) is 0 Å². The molecule has 1 heterocycles. The van der Waals surface area contributed by atoms with Crippen molar-refractivity contribution in [3.05, 3.63) is 78.4 Å². The van der Waals surface area contributed by atoms with E-state index >= 15 is 0 Å². The van der Waals surface area contributed by atoms with Crippen molar-refractivity contribution in [2.75, 3.05) is 29.6 Å². The Balaban J connectivity index is 1.38. The van der Waals surface area contributed by atoms with Crippen LogP contribution in [0.3, 0.4) is 0 Å². The summed E-state index contributed by atoms with van der Waals surface area (Å²) in [5.74, 6) is 0.852. The number of hydrogen-bond acceptors (Lipinski definition) is 6. The normalized spacial score (nSPS) is 10.7. The van der Waals surface area contributed by atoms with Gasteiger partial charge in [-0.3, -0.25) is 9.59 Å². The largest absolute Gasteiger partial charge is 0.494 e. The molecule has 4 aromatic rings. The second kappa shape index (κ2) is 10.5. The van der Waals surface area contributed by atoms with Crippen LogP contribution in [0.5, 0.6) is 5.75 Å². The molecule has 1 N–H and O–H groups in total. The van der Waals surface area contributed by atoms with Crippen LogP contribution in [0.1, 0.15) is 17.3 Å². The summed E-state index contributed by atoms with van der Waals surface area (Å²) in [7, 11) is 1.77. The molecule has 1 aromatic heterocycles. The second-order valence-corrected chi connectivity index (χ2v) is 9.40. The van der Waals surface area contributed by atoms with E-state index in [-0.39, 0.29) is 11.8 Å². The highest BCUT2D eigenvalue weighted by molar-refractivity contribution is 8.01. The predicted octanol–water partition coefficient (Wildman–Crippen LogP) is 5.70. The first-order chi connectivity index (χ1) is 16.0. The van der Waals surface area contributed by atoms with Crippen molar-refractivity contribution in [3.8, 4) is 5.75 Å². The van der Waals surface area contributed by atoms with Crippen molar-refractivity contribution in [3.63, 3.8) is 0 Å². The highest BCUT2D eigenvalue weighted by Gasteiger charge is 2.14. The van der Waals surface area contributed by atoms with Crippen LogP contribution in [0, 0.1) is 0 Å². The molecule has 6 nitrogen and oxygen atoms in total. The minimum Gasteiger partial charge on any atom is -0.494 e. The molecule has 0 radical (unpaired) electrons. The summed E-state index contributed by atoms with van der Waals surface area (Å²) < 4.78 is 7.18. The fourth-order valence-electron chi connectivity index (χ4n) is 3.13. The monoisotopic (exact) mass is 477 g/mol. The van der Waals surface area contributed by atoms with E-state index < -0.39 is 0 Å². The van der Waals surface area contributed by atoms with Crippen molar-refractivity contribution in [1.29, 1.82) is 0 Å². The molecule has 168 valence electrons. The van der Waals surface area contributed by atoms with Gasteiger partial charge in [-0.25, -0.2) is 4.98 Å². The van der Waals surface area contributed by atoms with E-state index in [4.69, 9.17) is 4.74 Å². The van der Waals surface area contributed by atoms with Crippen molar-refractivity contribution >= 4 is 56.5 Å². The summed E-state index contributed by atoms with van der Waals surface area (Å²) in [6.45, 7) is 2.50. The molecule has 33 heavy (non-hydrogen) atoms. The Bertz CT molecular complexity index is 1260. The van der Waals surface area contributed by atoms with Gasteiger partial charge in [-0.15, -0.1) is 11.3 Å². The molecule has 2 amide bonds. The highest BCUT2D eigenvalue weighted by Crippen LogP contribution is 2.31. The first-order valence-electron chi connectivity index (χ1n) is 10.4. The van der Waals surface area contributed by atoms with E-state index in [2.05, 4.69) is 10.3 Å². The van der Waals surface area contributed by atoms with Gasteiger partial charge in [-0.1, -0.05) is 30.0 Å². The molecule has 0 aliphatic heterocycles. The molecule has 0 fully saturated rings. The Labute approximate surface area is 200 Å². The maximum atomic E-state index is 12.6. The lowest BCUT2D eigenvalue weighted by Gasteiger charge is -2.16. The van der Waals surface area contributed by atoms with Crippen LogP contribution in [-0.2, 0) is 4.79 Å². The lowest BCUT2D eigenvalue weighted by Crippen LogP contribution is -2.27. The molecule has 0 unspecified atom stereocenters. The minimum atomic E-state index is -0.189. The van der Waals surface area contributed by atoms with Gasteiger partial charge in [0.05, 0.1) is 22.6 Å². The predicted molar refractivity (Wildman–Crippen MR) is 136 cm³/mol. The van der Waals surface area contributed by atoms with E-state index in [1.807, 2.05) is 55.5 Å². The molecule has 3 aromatic carbocycles. The zero-order chi connectivity index (χ0) is 23.2. The lowest BCUT2D eigenvalue weighted by atomic mass is 10.2. The van der Waals surface area contributed by atoms with Crippen molar-refractivity contribution in [1.82, 2.24) is 4.98 Å². The zero-order valence-corrected chi connectivity index (χ0v) is 19.9. The standard InChI is InChI=1S/C25H23N3O3S2/c1-3-31-20-12-9-17(10-13-20)24(30)26-18-11-14-21-22(15-18)33-25(27-21)32-16-23(29)28(2)19-7-5-4-6-8-19/h4-15H,3,16H2,1-2H3,(H,26,30). The summed E-state index contributed by atoms with van der Waals surface area (Å²) in [4.78, 5) is 31.4. The molecule has 8 heteroatoms. The Morgan fingerprint density at radius 2 is 1.82 bits per heavy atom. The number of thioether (sulfide) groups is 1. The fourth-order valence-corrected chi connectivity index (χ4v) is 5.15. The molecule has 0 atom stereocenters. The van der Waals surface area contributed by atoms with Crippen LogP contribution >= 0.6 is 23.1 Å². The fraction of sp³-hybridized carbons (Fsp3) is 0.160. The van der Waals surface area contributed by atoms with Crippen molar-refractivity contribution < 1.29 is 14.3 Å². The molecular formula is C25H23N3O3S2. The second-order valence-electron chi connectivity index (χ2n) is 7.15. The number of amides is 2. The molecule has 0 spiro atoms. The third kappa shape index (κ3) is 5.71. The Kier molecular flexibility index (Phi) is 7.26. The van der Waals surface area contributed by atoms with Gasteiger partial charge < -0.3 is 15.0 Å². The SMILES string of the molecule is CCOc1ccc(C(=O)Nc2ccc3nc(SCC(=O)N(C)c4ccccc4)sc3c2)cc1. The Hall–Kier alpha value is -3.36. The average molecular weight is 478 g/mol. The number of nitrogens with zero attached hydrogens (tertiary/aromatic N) is 2. The third-order valence-corrected chi connectivity index (χ3v) is 7.04. The van der Waals surface area contributed by atoms with Gasteiger partial charge in [0.2, 0.25) is 5.91 Å². The highest BCUT2D eigenvalue weighted by atomic mass is 32.2. The van der Waals surface area contributed by atoms with Gasteiger partial charge in [0, 0.05) is 24.0 Å². The number of nitrogens with one attached hydrogen (secondary N) is 1. The van der Waals surface area contributed by atoms with E-state index in [1.165, 1.54) is 23.1 Å². The first kappa shape index (κ1) is 22.8. The zero-order valence-electron chi connectivity index (χ0n) is 18.3. The van der Waals surface area contributed by atoms with Gasteiger partial charge in [0.1, 0.15) is 5.75 Å². The van der Waals surface area contributed by atoms with Gasteiger partial charge >= 0.3 is 0 Å². The summed E-state index contributed by atoms with van der Waals surface area (Å²) in [5.41, 5.74) is 2.95. The van der Waals surface area contributed by atoms with Gasteiger partial charge in [0.15, 0.2) is 4.34 Å². The van der Waals surface area contributed by atoms with Gasteiger partial charge in [-0.2, -0.15) is 0 Å². The number of anilines is 2. The van der Waals surface area contributed by atoms with Gasteiger partial charge in [0.25, 0.3) is 5.91 Å². The maximum absolute atomic E-state index is 12.6. The van der Waals surface area contributed by atoms with Crippen LogP contribution in [0.2, 0.25) is 0 Å². The molecule has 0 saturated carbocycles. The van der Waals surface area contributed by atoms with E-state index in [0.29, 0.717) is 23.6 Å². The number of benzene rings is 3. The summed E-state index contributed by atoms with van der Waals surface area (Å²) in [6, 6.07) is 22.2. The number of aromatic nitrogens is 1. The number of para-hydroxylation sites is 1. The molecular weight excluding hydrogens is 454 g/mol. The Morgan fingerprint density at radius 1 is 1.06 bits per heavy atom. The molecule has 0 saturated heterocycles. The quantitative estimate of drug-likeness (QED) is 0.330. The van der Waals surface area contributed by atoms with E-state index in [0.717, 1.165) is 26.0 Å². The first-order valence-corrected chi connectivity index (χ1v) is 12.2. The number of fused-ring (bicyclic) bond motifs is 1. The number of carbonyl (C=O) groups excluding carboxylic acids is 2. The van der Waals surface area contributed by atoms with Crippen LogP contribution in [0.25, 0.3) is 10.2 Å². The van der Waals surface area contributed by atoms with Crippen LogP contribution in [-0.4, -0.2) is 36.2 Å². The number of rotatable bonds is 8.